The quantitative estimate of drug-likeness (QED) is 0.888. The molecule has 1 aliphatic carbocycles. The van der Waals surface area contributed by atoms with Gasteiger partial charge in [-0.15, -0.1) is 11.3 Å². The summed E-state index contributed by atoms with van der Waals surface area (Å²) in [6.45, 7) is 0. The Bertz CT molecular complexity index is 592. The van der Waals surface area contributed by atoms with Crippen LogP contribution in [0.25, 0.3) is 0 Å². The number of carbonyl (C=O) groups is 1. The van der Waals surface area contributed by atoms with Crippen LogP contribution in [0.4, 0.5) is 5.13 Å². The first kappa shape index (κ1) is 13.3. The molecule has 1 aromatic heterocycles. The second kappa shape index (κ2) is 5.73. The number of nitrogens with one attached hydrogen (secondary N) is 1. The van der Waals surface area contributed by atoms with Crippen LogP contribution in [0.15, 0.2) is 35.7 Å². The third-order valence-corrected chi connectivity index (χ3v) is 4.16. The fourth-order valence-electron chi connectivity index (χ4n) is 2.07. The summed E-state index contributed by atoms with van der Waals surface area (Å²) in [5.41, 5.74) is 8.10. The molecule has 1 aliphatic rings. The van der Waals surface area contributed by atoms with Gasteiger partial charge in [0.25, 0.3) is 0 Å². The van der Waals surface area contributed by atoms with Gasteiger partial charge in [-0.1, -0.05) is 30.3 Å². The van der Waals surface area contributed by atoms with E-state index in [0.29, 0.717) is 17.5 Å². The maximum atomic E-state index is 12.0. The van der Waals surface area contributed by atoms with Gasteiger partial charge in [0.05, 0.1) is 11.7 Å². The maximum Gasteiger partial charge on any atom is 0.243 e. The normalized spacial score (nSPS) is 15.8. The molecule has 0 spiro atoms. The highest BCUT2D eigenvalue weighted by Crippen LogP contribution is 2.40. The Labute approximate surface area is 122 Å². The Morgan fingerprint density at radius 1 is 1.40 bits per heavy atom. The van der Waals surface area contributed by atoms with E-state index >= 15 is 0 Å². The molecule has 0 bridgehead atoms. The molecule has 3 rings (SSSR count). The van der Waals surface area contributed by atoms with Crippen molar-refractivity contribution in [2.75, 3.05) is 5.32 Å². The van der Waals surface area contributed by atoms with Crippen LogP contribution < -0.4 is 11.1 Å². The zero-order valence-electron chi connectivity index (χ0n) is 11.1. The molecule has 5 heteroatoms. The first-order valence-electron chi connectivity index (χ1n) is 6.78. The highest BCUT2D eigenvalue weighted by atomic mass is 32.1. The number of amides is 1. The highest BCUT2D eigenvalue weighted by Gasteiger charge is 2.26. The van der Waals surface area contributed by atoms with E-state index in [9.17, 15) is 4.79 Å². The van der Waals surface area contributed by atoms with Crippen molar-refractivity contribution in [3.05, 3.63) is 47.0 Å². The van der Waals surface area contributed by atoms with E-state index in [4.69, 9.17) is 5.73 Å². The minimum absolute atomic E-state index is 0.175. The number of hydrogen-bond donors (Lipinski definition) is 2. The Hall–Kier alpha value is -1.72. The summed E-state index contributed by atoms with van der Waals surface area (Å²) in [4.78, 5) is 16.5. The average molecular weight is 287 g/mol. The molecule has 1 heterocycles. The molecule has 1 atom stereocenters. The second-order valence-corrected chi connectivity index (χ2v) is 6.00. The number of aromatic nitrogens is 1. The topological polar surface area (TPSA) is 68.0 Å². The minimum atomic E-state index is -0.550. The molecular weight excluding hydrogens is 270 g/mol. The van der Waals surface area contributed by atoms with E-state index in [1.807, 2.05) is 35.7 Å². The second-order valence-electron chi connectivity index (χ2n) is 5.14. The number of nitrogens with two attached hydrogens (primary N) is 1. The van der Waals surface area contributed by atoms with E-state index in [1.54, 1.807) is 0 Å². The lowest BCUT2D eigenvalue weighted by Gasteiger charge is -2.10. The zero-order chi connectivity index (χ0) is 13.9. The van der Waals surface area contributed by atoms with E-state index in [-0.39, 0.29) is 5.91 Å². The Balaban J connectivity index is 1.57. The van der Waals surface area contributed by atoms with Gasteiger partial charge in [-0.05, 0) is 24.8 Å². The fraction of sp³-hybridized carbons (Fsp3) is 0.333. The number of benzene rings is 1. The van der Waals surface area contributed by atoms with Crippen LogP contribution in [-0.4, -0.2) is 16.9 Å². The molecule has 1 saturated carbocycles. The molecule has 0 saturated heterocycles. The van der Waals surface area contributed by atoms with E-state index < -0.39 is 6.04 Å². The standard InChI is InChI=1S/C15H17N3OS/c16-12(8-10-4-2-1-3-5-10)14(19)18-15-17-13(9-20-15)11-6-7-11/h1-5,9,11-12H,6-8,16H2,(H,17,18,19)/t12-/m1/s1. The molecule has 1 fully saturated rings. The summed E-state index contributed by atoms with van der Waals surface area (Å²) < 4.78 is 0. The van der Waals surface area contributed by atoms with Gasteiger partial charge in [0.1, 0.15) is 0 Å². The SMILES string of the molecule is N[C@H](Cc1ccccc1)C(=O)Nc1nc(C2CC2)cs1. The summed E-state index contributed by atoms with van der Waals surface area (Å²) in [5.74, 6) is 0.431. The van der Waals surface area contributed by atoms with Gasteiger partial charge in [0, 0.05) is 11.3 Å². The van der Waals surface area contributed by atoms with Crippen molar-refractivity contribution in [2.45, 2.75) is 31.2 Å². The van der Waals surface area contributed by atoms with Crippen molar-refractivity contribution >= 4 is 22.4 Å². The molecule has 2 aromatic rings. The molecule has 4 nitrogen and oxygen atoms in total. The van der Waals surface area contributed by atoms with Gasteiger partial charge >= 0.3 is 0 Å². The number of nitrogens with zero attached hydrogens (tertiary/aromatic N) is 1. The molecular formula is C15H17N3OS. The first-order chi connectivity index (χ1) is 9.72. The van der Waals surface area contributed by atoms with Crippen molar-refractivity contribution in [2.24, 2.45) is 5.73 Å². The summed E-state index contributed by atoms with van der Waals surface area (Å²) in [6.07, 6.45) is 2.96. The predicted molar refractivity (Wildman–Crippen MR) is 80.8 cm³/mol. The van der Waals surface area contributed by atoms with Crippen LogP contribution in [-0.2, 0) is 11.2 Å². The lowest BCUT2D eigenvalue weighted by atomic mass is 10.1. The van der Waals surface area contributed by atoms with Crippen LogP contribution in [0.1, 0.15) is 30.0 Å². The van der Waals surface area contributed by atoms with Crippen molar-refractivity contribution in [1.82, 2.24) is 4.98 Å². The minimum Gasteiger partial charge on any atom is -0.320 e. The van der Waals surface area contributed by atoms with Crippen molar-refractivity contribution in [3.63, 3.8) is 0 Å². The monoisotopic (exact) mass is 287 g/mol. The van der Waals surface area contributed by atoms with Gasteiger partial charge in [-0.25, -0.2) is 4.98 Å². The molecule has 3 N–H and O–H groups in total. The number of hydrogen-bond acceptors (Lipinski definition) is 4. The number of anilines is 1. The largest absolute Gasteiger partial charge is 0.320 e. The molecule has 1 aromatic carbocycles. The summed E-state index contributed by atoms with van der Waals surface area (Å²) in [6, 6.07) is 9.24. The Morgan fingerprint density at radius 3 is 2.85 bits per heavy atom. The number of rotatable bonds is 5. The zero-order valence-corrected chi connectivity index (χ0v) is 11.9. The summed E-state index contributed by atoms with van der Waals surface area (Å²) in [5, 5.41) is 5.49. The van der Waals surface area contributed by atoms with Gasteiger partial charge in [-0.2, -0.15) is 0 Å². The lowest BCUT2D eigenvalue weighted by Crippen LogP contribution is -2.37. The Kier molecular flexibility index (Phi) is 3.80. The molecule has 20 heavy (non-hydrogen) atoms. The van der Waals surface area contributed by atoms with Crippen molar-refractivity contribution in [1.29, 1.82) is 0 Å². The summed E-state index contributed by atoms with van der Waals surface area (Å²) in [7, 11) is 0. The van der Waals surface area contributed by atoms with Crippen LogP contribution in [0.2, 0.25) is 0 Å². The van der Waals surface area contributed by atoms with E-state index in [2.05, 4.69) is 10.3 Å². The predicted octanol–water partition coefficient (Wildman–Crippen LogP) is 2.53. The molecule has 0 aliphatic heterocycles. The van der Waals surface area contributed by atoms with Crippen molar-refractivity contribution < 1.29 is 4.79 Å². The van der Waals surface area contributed by atoms with E-state index in [1.165, 1.54) is 24.2 Å². The maximum absolute atomic E-state index is 12.0. The summed E-state index contributed by atoms with van der Waals surface area (Å²) >= 11 is 1.47. The van der Waals surface area contributed by atoms with Gasteiger partial charge in [0.2, 0.25) is 5.91 Å². The molecule has 0 radical (unpaired) electrons. The van der Waals surface area contributed by atoms with Crippen LogP contribution in [0.5, 0.6) is 0 Å². The molecule has 1 amide bonds. The van der Waals surface area contributed by atoms with Crippen molar-refractivity contribution in [3.8, 4) is 0 Å². The van der Waals surface area contributed by atoms with Crippen LogP contribution in [0.3, 0.4) is 0 Å². The Morgan fingerprint density at radius 2 is 2.15 bits per heavy atom. The lowest BCUT2D eigenvalue weighted by molar-refractivity contribution is -0.117. The highest BCUT2D eigenvalue weighted by molar-refractivity contribution is 7.13. The fourth-order valence-corrected chi connectivity index (χ4v) is 2.86. The van der Waals surface area contributed by atoms with E-state index in [0.717, 1.165) is 11.3 Å². The number of thiazole rings is 1. The number of carbonyl (C=O) groups excluding carboxylic acids is 1. The van der Waals surface area contributed by atoms with Crippen LogP contribution in [0, 0.1) is 0 Å². The third kappa shape index (κ3) is 3.23. The average Bonchev–Trinajstić information content (AvgIpc) is 3.20. The first-order valence-corrected chi connectivity index (χ1v) is 7.66. The smallest absolute Gasteiger partial charge is 0.243 e. The molecule has 0 unspecified atom stereocenters. The van der Waals surface area contributed by atoms with Crippen LogP contribution >= 0.6 is 11.3 Å². The van der Waals surface area contributed by atoms with Gasteiger partial charge in [-0.3, -0.25) is 4.79 Å². The van der Waals surface area contributed by atoms with Gasteiger partial charge in [0.15, 0.2) is 5.13 Å². The molecule has 104 valence electrons. The van der Waals surface area contributed by atoms with Gasteiger partial charge < -0.3 is 11.1 Å². The third-order valence-electron chi connectivity index (χ3n) is 3.38.